The molecule has 2 rings (SSSR count). The lowest BCUT2D eigenvalue weighted by Crippen LogP contribution is -2.28. The Balaban J connectivity index is 1.96. The third kappa shape index (κ3) is 6.06. The van der Waals surface area contributed by atoms with E-state index >= 15 is 0 Å². The van der Waals surface area contributed by atoms with Crippen molar-refractivity contribution in [3.05, 3.63) is 58.5 Å². The van der Waals surface area contributed by atoms with E-state index in [1.54, 1.807) is 6.26 Å². The van der Waals surface area contributed by atoms with E-state index in [2.05, 4.69) is 65.4 Å². The number of halogens is 1. The Hall–Kier alpha value is -1.06. The van der Waals surface area contributed by atoms with Gasteiger partial charge in [-0.15, -0.1) is 0 Å². The van der Waals surface area contributed by atoms with Gasteiger partial charge in [-0.3, -0.25) is 0 Å². The molecule has 0 amide bonds. The second-order valence-electron chi connectivity index (χ2n) is 6.09. The summed E-state index contributed by atoms with van der Waals surface area (Å²) in [6.07, 6.45) is 5.74. The zero-order chi connectivity index (χ0) is 15.1. The Morgan fingerprint density at radius 2 is 1.90 bits per heavy atom. The molecule has 1 heterocycles. The number of hydrogen-bond donors (Lipinski definition) is 1. The highest BCUT2D eigenvalue weighted by molar-refractivity contribution is 9.10. The molecule has 21 heavy (non-hydrogen) atoms. The zero-order valence-electron chi connectivity index (χ0n) is 12.8. The molecule has 1 unspecified atom stereocenters. The molecule has 3 heteroatoms. The van der Waals surface area contributed by atoms with Crippen LogP contribution >= 0.6 is 15.9 Å². The van der Waals surface area contributed by atoms with Gasteiger partial charge in [-0.05, 0) is 67.1 Å². The van der Waals surface area contributed by atoms with Gasteiger partial charge in [0.1, 0.15) is 0 Å². The second kappa shape index (κ2) is 8.40. The minimum absolute atomic E-state index is 0.579. The largest absolute Gasteiger partial charge is 0.472 e. The summed E-state index contributed by atoms with van der Waals surface area (Å²) in [6, 6.07) is 10.7. The van der Waals surface area contributed by atoms with Crippen molar-refractivity contribution in [2.24, 2.45) is 11.8 Å². The molecule has 0 fully saturated rings. The van der Waals surface area contributed by atoms with E-state index in [0.717, 1.165) is 30.4 Å². The number of furan rings is 1. The van der Waals surface area contributed by atoms with Crippen LogP contribution in [0.5, 0.6) is 0 Å². The Bertz CT molecular complexity index is 522. The van der Waals surface area contributed by atoms with Gasteiger partial charge in [0.25, 0.3) is 0 Å². The van der Waals surface area contributed by atoms with Gasteiger partial charge >= 0.3 is 0 Å². The normalized spacial score (nSPS) is 12.8. The van der Waals surface area contributed by atoms with Gasteiger partial charge < -0.3 is 9.73 Å². The fraction of sp³-hybridized carbons (Fsp3) is 0.444. The fourth-order valence-corrected chi connectivity index (χ4v) is 2.98. The molecule has 0 radical (unpaired) electrons. The summed E-state index contributed by atoms with van der Waals surface area (Å²) in [6.45, 7) is 6.59. The number of benzene rings is 1. The lowest BCUT2D eigenvalue weighted by Gasteiger charge is -2.18. The first-order valence-electron chi connectivity index (χ1n) is 7.59. The zero-order valence-corrected chi connectivity index (χ0v) is 14.4. The molecule has 0 bridgehead atoms. The van der Waals surface area contributed by atoms with Crippen molar-refractivity contribution in [2.45, 2.75) is 26.7 Å². The fourth-order valence-electron chi connectivity index (χ4n) is 2.53. The van der Waals surface area contributed by atoms with Crippen molar-refractivity contribution in [1.29, 1.82) is 0 Å². The van der Waals surface area contributed by atoms with E-state index in [4.69, 9.17) is 4.42 Å². The van der Waals surface area contributed by atoms with Gasteiger partial charge in [0.15, 0.2) is 0 Å². The molecule has 1 N–H and O–H groups in total. The highest BCUT2D eigenvalue weighted by atomic mass is 79.9. The average molecular weight is 350 g/mol. The first-order valence-corrected chi connectivity index (χ1v) is 8.39. The van der Waals surface area contributed by atoms with Gasteiger partial charge in [-0.25, -0.2) is 0 Å². The first kappa shape index (κ1) is 16.3. The number of nitrogens with one attached hydrogen (secondary N) is 1. The maximum absolute atomic E-state index is 5.20. The maximum Gasteiger partial charge on any atom is 0.0934 e. The molecule has 0 spiro atoms. The molecule has 0 aliphatic rings. The lowest BCUT2D eigenvalue weighted by atomic mass is 9.93. The van der Waals surface area contributed by atoms with Crippen LogP contribution in [0.3, 0.4) is 0 Å². The minimum Gasteiger partial charge on any atom is -0.472 e. The predicted molar refractivity (Wildman–Crippen MR) is 91.5 cm³/mol. The third-order valence-electron chi connectivity index (χ3n) is 3.50. The summed E-state index contributed by atoms with van der Waals surface area (Å²) in [5.74, 6) is 1.26. The molecule has 0 aliphatic heterocycles. The summed E-state index contributed by atoms with van der Waals surface area (Å²) in [4.78, 5) is 0. The highest BCUT2D eigenvalue weighted by Gasteiger charge is 2.12. The van der Waals surface area contributed by atoms with Crippen molar-refractivity contribution in [3.63, 3.8) is 0 Å². The SMILES string of the molecule is CC(C)CNCC(Cc1ccoc1)Cc1cccc(Br)c1. The average Bonchev–Trinajstić information content (AvgIpc) is 2.91. The van der Waals surface area contributed by atoms with Gasteiger partial charge in [0.05, 0.1) is 12.5 Å². The molecule has 114 valence electrons. The maximum atomic E-state index is 5.20. The molecule has 0 saturated carbocycles. The van der Waals surface area contributed by atoms with Crippen LogP contribution < -0.4 is 5.32 Å². The summed E-state index contributed by atoms with van der Waals surface area (Å²) >= 11 is 3.55. The van der Waals surface area contributed by atoms with Crippen LogP contribution in [0.1, 0.15) is 25.0 Å². The molecule has 1 aromatic heterocycles. The molecule has 1 aromatic carbocycles. The van der Waals surface area contributed by atoms with Crippen molar-refractivity contribution in [1.82, 2.24) is 5.32 Å². The molecule has 1 atom stereocenters. The van der Waals surface area contributed by atoms with Crippen molar-refractivity contribution >= 4 is 15.9 Å². The smallest absolute Gasteiger partial charge is 0.0934 e. The Labute approximate surface area is 136 Å². The molecule has 0 saturated heterocycles. The summed E-state index contributed by atoms with van der Waals surface area (Å²) in [5.41, 5.74) is 2.66. The van der Waals surface area contributed by atoms with E-state index < -0.39 is 0 Å². The summed E-state index contributed by atoms with van der Waals surface area (Å²) in [5, 5.41) is 3.59. The van der Waals surface area contributed by atoms with Gasteiger partial charge in [-0.2, -0.15) is 0 Å². The van der Waals surface area contributed by atoms with Crippen molar-refractivity contribution in [3.8, 4) is 0 Å². The van der Waals surface area contributed by atoms with Crippen molar-refractivity contribution in [2.75, 3.05) is 13.1 Å². The Morgan fingerprint density at radius 3 is 2.57 bits per heavy atom. The Kier molecular flexibility index (Phi) is 6.52. The highest BCUT2D eigenvalue weighted by Crippen LogP contribution is 2.18. The van der Waals surface area contributed by atoms with E-state index in [0.29, 0.717) is 11.8 Å². The quantitative estimate of drug-likeness (QED) is 0.747. The molecular weight excluding hydrogens is 326 g/mol. The predicted octanol–water partition coefficient (Wildman–Crippen LogP) is 4.69. The summed E-state index contributed by atoms with van der Waals surface area (Å²) in [7, 11) is 0. The van der Waals surface area contributed by atoms with E-state index in [1.165, 1.54) is 11.1 Å². The molecule has 0 aliphatic carbocycles. The van der Waals surface area contributed by atoms with Crippen LogP contribution in [0.4, 0.5) is 0 Å². The van der Waals surface area contributed by atoms with Crippen LogP contribution in [-0.2, 0) is 12.8 Å². The van der Waals surface area contributed by atoms with E-state index in [9.17, 15) is 0 Å². The lowest BCUT2D eigenvalue weighted by molar-refractivity contribution is 0.443. The standard InChI is InChI=1S/C18H24BrNO/c1-14(2)11-20-12-17(9-16-6-7-21-13-16)8-15-4-3-5-18(19)10-15/h3-7,10,13-14,17,20H,8-9,11-12H2,1-2H3. The molecule has 2 aromatic rings. The molecular formula is C18H24BrNO. The monoisotopic (exact) mass is 349 g/mol. The summed E-state index contributed by atoms with van der Waals surface area (Å²) < 4.78 is 6.35. The van der Waals surface area contributed by atoms with Crippen LogP contribution in [0.2, 0.25) is 0 Å². The van der Waals surface area contributed by atoms with Crippen LogP contribution in [0.15, 0.2) is 51.7 Å². The van der Waals surface area contributed by atoms with E-state index in [-0.39, 0.29) is 0 Å². The molecule has 2 nitrogen and oxygen atoms in total. The minimum atomic E-state index is 0.579. The van der Waals surface area contributed by atoms with Gasteiger partial charge in [0, 0.05) is 4.47 Å². The first-order chi connectivity index (χ1) is 10.1. The number of rotatable bonds is 8. The van der Waals surface area contributed by atoms with Gasteiger partial charge in [-0.1, -0.05) is 41.9 Å². The van der Waals surface area contributed by atoms with Crippen LogP contribution in [0, 0.1) is 11.8 Å². The topological polar surface area (TPSA) is 25.2 Å². The second-order valence-corrected chi connectivity index (χ2v) is 7.00. The number of hydrogen-bond acceptors (Lipinski definition) is 2. The third-order valence-corrected chi connectivity index (χ3v) is 4.00. The Morgan fingerprint density at radius 1 is 1.10 bits per heavy atom. The van der Waals surface area contributed by atoms with Crippen LogP contribution in [-0.4, -0.2) is 13.1 Å². The van der Waals surface area contributed by atoms with E-state index in [1.807, 2.05) is 6.26 Å². The van der Waals surface area contributed by atoms with Crippen LogP contribution in [0.25, 0.3) is 0 Å². The van der Waals surface area contributed by atoms with Crippen molar-refractivity contribution < 1.29 is 4.42 Å². The van der Waals surface area contributed by atoms with Gasteiger partial charge in [0.2, 0.25) is 0 Å².